The fourth-order valence-electron chi connectivity index (χ4n) is 5.54. The van der Waals surface area contributed by atoms with E-state index in [2.05, 4.69) is 4.72 Å². The number of carbonyl (C=O) groups excluding carboxylic acids is 1. The lowest BCUT2D eigenvalue weighted by Gasteiger charge is -2.39. The van der Waals surface area contributed by atoms with Crippen LogP contribution in [0.25, 0.3) is 10.8 Å². The molecule has 0 spiro atoms. The number of hydrogen-bond acceptors (Lipinski definition) is 13. The molecule has 48 heavy (non-hydrogen) atoms. The van der Waals surface area contributed by atoms with E-state index in [9.17, 15) is 49.0 Å². The van der Waals surface area contributed by atoms with Crippen molar-refractivity contribution in [3.63, 3.8) is 0 Å². The maximum Gasteiger partial charge on any atom is 0.262 e. The van der Waals surface area contributed by atoms with E-state index < -0.39 is 75.9 Å². The third-order valence-corrected chi connectivity index (χ3v) is 9.44. The van der Waals surface area contributed by atoms with E-state index in [0.717, 1.165) is 17.8 Å². The lowest BCUT2D eigenvalue weighted by molar-refractivity contribution is -0.277. The summed E-state index contributed by atoms with van der Waals surface area (Å²) < 4.78 is 40.4. The molecule has 1 heterocycles. The van der Waals surface area contributed by atoms with Crippen molar-refractivity contribution in [3.8, 4) is 23.0 Å². The smallest absolute Gasteiger partial charge is 0.262 e. The van der Waals surface area contributed by atoms with Gasteiger partial charge >= 0.3 is 0 Å². The molecule has 4 aromatic rings. The lowest BCUT2D eigenvalue weighted by atomic mass is 9.98. The van der Waals surface area contributed by atoms with E-state index >= 15 is 0 Å². The highest BCUT2D eigenvalue weighted by molar-refractivity contribution is 7.93. The van der Waals surface area contributed by atoms with Gasteiger partial charge in [-0.1, -0.05) is 30.3 Å². The number of hydrogen-bond donors (Lipinski definition) is 8. The molecule has 5 rings (SSSR count). The molecule has 5 atom stereocenters. The molecular formula is C33H36N2O12S. The van der Waals surface area contributed by atoms with Gasteiger partial charge in [-0.2, -0.15) is 0 Å². The van der Waals surface area contributed by atoms with Crippen molar-refractivity contribution < 1.29 is 58.4 Å². The Kier molecular flexibility index (Phi) is 10.0. The van der Waals surface area contributed by atoms with Gasteiger partial charge in [-0.3, -0.25) is 9.52 Å². The molecule has 0 saturated carbocycles. The number of rotatable bonds is 11. The Morgan fingerprint density at radius 3 is 2.31 bits per heavy atom. The first-order valence-electron chi connectivity index (χ1n) is 14.8. The molecule has 1 saturated heterocycles. The summed E-state index contributed by atoms with van der Waals surface area (Å²) in [6.07, 6.45) is -8.52. The number of aryl methyl sites for hydroxylation is 1. The van der Waals surface area contributed by atoms with Crippen molar-refractivity contribution in [2.45, 2.75) is 48.4 Å². The summed E-state index contributed by atoms with van der Waals surface area (Å²) in [6, 6.07) is 16.2. The zero-order valence-corrected chi connectivity index (χ0v) is 26.7. The van der Waals surface area contributed by atoms with E-state index in [0.29, 0.717) is 16.3 Å². The van der Waals surface area contributed by atoms with Crippen molar-refractivity contribution in [1.82, 2.24) is 0 Å². The summed E-state index contributed by atoms with van der Waals surface area (Å²) in [7, 11) is -0.500. The Labute approximate surface area is 275 Å². The topological polar surface area (TPSA) is 227 Å². The van der Waals surface area contributed by atoms with Crippen molar-refractivity contribution in [1.29, 1.82) is 0 Å². The monoisotopic (exact) mass is 684 g/mol. The van der Waals surface area contributed by atoms with E-state index in [1.54, 1.807) is 18.2 Å². The summed E-state index contributed by atoms with van der Waals surface area (Å²) in [5, 5.41) is 72.3. The van der Waals surface area contributed by atoms with Crippen LogP contribution in [0.4, 0.5) is 11.4 Å². The third kappa shape index (κ3) is 6.96. The average Bonchev–Trinajstić information content (AvgIpc) is 3.04. The van der Waals surface area contributed by atoms with Crippen molar-refractivity contribution in [2.24, 2.45) is 0 Å². The maximum atomic E-state index is 13.6. The first kappa shape index (κ1) is 34.7. The zero-order chi connectivity index (χ0) is 34.9. The van der Waals surface area contributed by atoms with Gasteiger partial charge in [0, 0.05) is 49.1 Å². The minimum absolute atomic E-state index is 0.00147. The number of aliphatic hydroxyl groups excluding tert-OH is 4. The largest absolute Gasteiger partial charge is 0.508 e. The van der Waals surface area contributed by atoms with Crippen molar-refractivity contribution >= 4 is 38.0 Å². The molecule has 1 aliphatic heterocycles. The van der Waals surface area contributed by atoms with Gasteiger partial charge < -0.3 is 50.1 Å². The van der Waals surface area contributed by atoms with Gasteiger partial charge in [-0.25, -0.2) is 8.42 Å². The molecule has 0 bridgehead atoms. The number of aliphatic hydroxyl groups is 4. The highest BCUT2D eigenvalue weighted by atomic mass is 32.2. The van der Waals surface area contributed by atoms with E-state index in [-0.39, 0.29) is 29.2 Å². The highest BCUT2D eigenvalue weighted by Gasteiger charge is 2.45. The molecule has 15 heteroatoms. The number of ether oxygens (including phenoxy) is 2. The van der Waals surface area contributed by atoms with Crippen LogP contribution in [0.2, 0.25) is 0 Å². The SMILES string of the molecule is CN(C)c1cccc2c(S(=O)(=O)Nc3cc(CCC(=O)c4c(O)cc(O)cc4OC4OC(CO)C(O)C(O)C4O)ccc3O)cccc12. The summed E-state index contributed by atoms with van der Waals surface area (Å²) in [5.74, 6) is -2.60. The highest BCUT2D eigenvalue weighted by Crippen LogP contribution is 2.37. The van der Waals surface area contributed by atoms with Gasteiger partial charge in [0.05, 0.1) is 17.2 Å². The van der Waals surface area contributed by atoms with Crippen LogP contribution in [0.15, 0.2) is 71.6 Å². The molecule has 8 N–H and O–H groups in total. The Bertz CT molecular complexity index is 1930. The van der Waals surface area contributed by atoms with Crippen LogP contribution in [-0.4, -0.2) is 101 Å². The second-order valence-electron chi connectivity index (χ2n) is 11.6. The number of phenolic OH excluding ortho intramolecular Hbond substituents is 3. The number of benzene rings is 4. The van der Waals surface area contributed by atoms with Crippen LogP contribution in [0, 0.1) is 0 Å². The van der Waals surface area contributed by atoms with Gasteiger partial charge in [0.25, 0.3) is 10.0 Å². The van der Waals surface area contributed by atoms with Crippen LogP contribution in [0.3, 0.4) is 0 Å². The van der Waals surface area contributed by atoms with Gasteiger partial charge in [0.2, 0.25) is 6.29 Å². The molecule has 0 radical (unpaired) electrons. The Morgan fingerprint density at radius 2 is 1.60 bits per heavy atom. The molecule has 1 fully saturated rings. The van der Waals surface area contributed by atoms with Gasteiger partial charge in [0.1, 0.15) is 53.0 Å². The second kappa shape index (κ2) is 13.8. The van der Waals surface area contributed by atoms with Crippen LogP contribution in [0.5, 0.6) is 23.0 Å². The van der Waals surface area contributed by atoms with E-state index in [1.165, 1.54) is 24.3 Å². The summed E-state index contributed by atoms with van der Waals surface area (Å²) in [6.45, 7) is -0.730. The number of fused-ring (bicyclic) bond motifs is 1. The molecule has 1 aliphatic rings. The van der Waals surface area contributed by atoms with Gasteiger partial charge in [0.15, 0.2) is 5.78 Å². The number of nitrogens with one attached hydrogen (secondary N) is 1. The summed E-state index contributed by atoms with van der Waals surface area (Å²) >= 11 is 0. The van der Waals surface area contributed by atoms with Crippen molar-refractivity contribution in [3.05, 3.63) is 77.9 Å². The number of aromatic hydroxyl groups is 3. The van der Waals surface area contributed by atoms with Crippen molar-refractivity contribution in [2.75, 3.05) is 30.3 Å². The number of anilines is 2. The molecule has 5 unspecified atom stereocenters. The third-order valence-electron chi connectivity index (χ3n) is 8.01. The van der Waals surface area contributed by atoms with E-state index in [1.807, 2.05) is 31.1 Å². The maximum absolute atomic E-state index is 13.6. The number of Topliss-reactive ketones (excluding diaryl/α,β-unsaturated/α-hetero) is 1. The minimum atomic E-state index is -4.19. The summed E-state index contributed by atoms with van der Waals surface area (Å²) in [5.41, 5.74) is 0.749. The first-order valence-corrected chi connectivity index (χ1v) is 16.3. The number of sulfonamides is 1. The Balaban J connectivity index is 1.36. The van der Waals surface area contributed by atoms with E-state index in [4.69, 9.17) is 9.47 Å². The second-order valence-corrected chi connectivity index (χ2v) is 13.2. The Morgan fingerprint density at radius 1 is 0.896 bits per heavy atom. The fraction of sp³-hybridized carbons (Fsp3) is 0.303. The van der Waals surface area contributed by atoms with Crippen LogP contribution >= 0.6 is 0 Å². The molecule has 0 amide bonds. The summed E-state index contributed by atoms with van der Waals surface area (Å²) in [4.78, 5) is 15.2. The molecule has 256 valence electrons. The standard InChI is InChI=1S/C33H36N2O12S/c1-35(2)22-7-3-6-20-19(22)5-4-8-28(20)48(44,45)34-21-13-17(9-11-23(21)38)10-12-24(39)29-25(40)14-18(37)15-26(29)46-33-32(43)31(42)30(41)27(16-36)47-33/h3-9,11,13-15,27,30-34,36-38,40-43H,10,12,16H2,1-2H3. The molecule has 0 aliphatic carbocycles. The first-order chi connectivity index (χ1) is 22.7. The molecule has 14 nitrogen and oxygen atoms in total. The predicted octanol–water partition coefficient (Wildman–Crippen LogP) is 1.82. The number of ketones is 1. The van der Waals surface area contributed by atoms with Crippen LogP contribution in [-0.2, 0) is 21.2 Å². The van der Waals surface area contributed by atoms with Crippen LogP contribution in [0.1, 0.15) is 22.3 Å². The fourth-order valence-corrected chi connectivity index (χ4v) is 6.83. The number of carbonyl (C=O) groups is 1. The van der Waals surface area contributed by atoms with Gasteiger partial charge in [-0.05, 0) is 36.2 Å². The molecular weight excluding hydrogens is 648 g/mol. The number of phenols is 3. The lowest BCUT2D eigenvalue weighted by Crippen LogP contribution is -2.60. The predicted molar refractivity (Wildman–Crippen MR) is 174 cm³/mol. The normalized spacial score (nSPS) is 21.2. The van der Waals surface area contributed by atoms with Crippen LogP contribution < -0.4 is 14.4 Å². The van der Waals surface area contributed by atoms with Gasteiger partial charge in [-0.15, -0.1) is 0 Å². The zero-order valence-electron chi connectivity index (χ0n) is 25.9. The quantitative estimate of drug-likeness (QED) is 0.0834. The molecule has 0 aromatic heterocycles. The Hall–Kier alpha value is -4.64. The number of nitrogens with zero attached hydrogens (tertiary/aromatic N) is 1. The molecule has 4 aromatic carbocycles. The average molecular weight is 685 g/mol. The minimum Gasteiger partial charge on any atom is -0.508 e.